The summed E-state index contributed by atoms with van der Waals surface area (Å²) in [6.45, 7) is 3.93. The summed E-state index contributed by atoms with van der Waals surface area (Å²) in [6.07, 6.45) is 4.83. The number of hydrogen-bond acceptors (Lipinski definition) is 4. The third-order valence-corrected chi connectivity index (χ3v) is 5.64. The van der Waals surface area contributed by atoms with Gasteiger partial charge in [0.15, 0.2) is 5.76 Å². The Kier molecular flexibility index (Phi) is 5.03. The van der Waals surface area contributed by atoms with Crippen molar-refractivity contribution in [2.45, 2.75) is 46.0 Å². The van der Waals surface area contributed by atoms with Crippen LogP contribution in [0.25, 0.3) is 22.3 Å². The molecule has 1 heterocycles. The van der Waals surface area contributed by atoms with Crippen LogP contribution in [0.1, 0.15) is 43.2 Å². The normalized spacial score (nSPS) is 14.9. The molecule has 1 aromatic heterocycles. The molecule has 1 saturated carbocycles. The number of aryl methyl sites for hydroxylation is 2. The maximum atomic E-state index is 13.3. The molecule has 0 spiro atoms. The van der Waals surface area contributed by atoms with Crippen molar-refractivity contribution in [3.63, 3.8) is 0 Å². The number of esters is 1. The van der Waals surface area contributed by atoms with Gasteiger partial charge in [0.2, 0.25) is 11.2 Å². The molecule has 0 radical (unpaired) electrons. The van der Waals surface area contributed by atoms with E-state index in [2.05, 4.69) is 0 Å². The van der Waals surface area contributed by atoms with Gasteiger partial charge < -0.3 is 9.15 Å². The molecular formula is C24H24O4. The third kappa shape index (κ3) is 3.47. The Balaban J connectivity index is 1.86. The second-order valence-electron chi connectivity index (χ2n) is 7.64. The number of hydrogen-bond donors (Lipinski definition) is 0. The van der Waals surface area contributed by atoms with Crippen LogP contribution in [-0.2, 0) is 4.79 Å². The summed E-state index contributed by atoms with van der Waals surface area (Å²) in [5, 5.41) is 0.439. The van der Waals surface area contributed by atoms with Gasteiger partial charge in [-0.2, -0.15) is 0 Å². The molecule has 4 heteroatoms. The first-order chi connectivity index (χ1) is 13.5. The highest BCUT2D eigenvalue weighted by Crippen LogP contribution is 2.33. The SMILES string of the molecule is Cc1cc2oc(-c3ccccc3)c(OC(=O)C3CCCCC3)c(=O)c2cc1C. The standard InChI is InChI=1S/C24H24O4/c1-15-13-19-20(14-16(15)2)27-22(17-9-5-3-6-10-17)23(21(19)25)28-24(26)18-11-7-4-8-12-18/h3,5-6,9-10,13-14,18H,4,7-8,11-12H2,1-2H3. The van der Waals surface area contributed by atoms with Gasteiger partial charge >= 0.3 is 5.97 Å². The highest BCUT2D eigenvalue weighted by atomic mass is 16.5. The van der Waals surface area contributed by atoms with Crippen LogP contribution in [0, 0.1) is 19.8 Å². The lowest BCUT2D eigenvalue weighted by Crippen LogP contribution is -2.25. The number of carbonyl (C=O) groups excluding carboxylic acids is 1. The summed E-state index contributed by atoms with van der Waals surface area (Å²) >= 11 is 0. The smallest absolute Gasteiger partial charge is 0.314 e. The number of ether oxygens (including phenoxy) is 1. The van der Waals surface area contributed by atoms with Crippen molar-refractivity contribution < 1.29 is 13.9 Å². The molecule has 4 rings (SSSR count). The third-order valence-electron chi connectivity index (χ3n) is 5.64. The van der Waals surface area contributed by atoms with Crippen LogP contribution >= 0.6 is 0 Å². The molecule has 4 nitrogen and oxygen atoms in total. The minimum atomic E-state index is -0.327. The van der Waals surface area contributed by atoms with Gasteiger partial charge in [0.05, 0.1) is 11.3 Å². The van der Waals surface area contributed by atoms with Gasteiger partial charge in [0.1, 0.15) is 5.58 Å². The molecule has 1 aliphatic rings. The fourth-order valence-electron chi connectivity index (χ4n) is 3.83. The van der Waals surface area contributed by atoms with Crippen LogP contribution < -0.4 is 10.2 Å². The Labute approximate surface area is 164 Å². The zero-order chi connectivity index (χ0) is 19.7. The predicted molar refractivity (Wildman–Crippen MR) is 110 cm³/mol. The monoisotopic (exact) mass is 376 g/mol. The minimum Gasteiger partial charge on any atom is -0.452 e. The van der Waals surface area contributed by atoms with Gasteiger partial charge in [0.25, 0.3) is 0 Å². The molecule has 0 bridgehead atoms. The topological polar surface area (TPSA) is 56.5 Å². The Hall–Kier alpha value is -2.88. The number of rotatable bonds is 3. The zero-order valence-corrected chi connectivity index (χ0v) is 16.3. The van der Waals surface area contributed by atoms with E-state index in [1.165, 1.54) is 0 Å². The van der Waals surface area contributed by atoms with E-state index in [0.717, 1.165) is 43.2 Å². The van der Waals surface area contributed by atoms with E-state index >= 15 is 0 Å². The van der Waals surface area contributed by atoms with Gasteiger partial charge in [-0.05, 0) is 49.9 Å². The molecular weight excluding hydrogens is 352 g/mol. The fourth-order valence-corrected chi connectivity index (χ4v) is 3.83. The van der Waals surface area contributed by atoms with E-state index in [1.54, 1.807) is 0 Å². The van der Waals surface area contributed by atoms with E-state index in [0.29, 0.717) is 22.3 Å². The molecule has 0 N–H and O–H groups in total. The average Bonchev–Trinajstić information content (AvgIpc) is 2.72. The molecule has 1 aliphatic carbocycles. The second-order valence-corrected chi connectivity index (χ2v) is 7.64. The average molecular weight is 376 g/mol. The van der Waals surface area contributed by atoms with Crippen LogP contribution in [0.3, 0.4) is 0 Å². The van der Waals surface area contributed by atoms with Crippen molar-refractivity contribution in [1.29, 1.82) is 0 Å². The van der Waals surface area contributed by atoms with Crippen molar-refractivity contribution in [2.24, 2.45) is 5.92 Å². The molecule has 2 aromatic carbocycles. The van der Waals surface area contributed by atoms with Crippen molar-refractivity contribution in [3.8, 4) is 17.1 Å². The summed E-state index contributed by atoms with van der Waals surface area (Å²) < 4.78 is 11.8. The lowest BCUT2D eigenvalue weighted by molar-refractivity contribution is -0.140. The fraction of sp³-hybridized carbons (Fsp3) is 0.333. The van der Waals surface area contributed by atoms with Crippen molar-refractivity contribution in [2.75, 3.05) is 0 Å². The van der Waals surface area contributed by atoms with E-state index in [-0.39, 0.29) is 23.1 Å². The predicted octanol–water partition coefficient (Wildman–Crippen LogP) is 5.56. The van der Waals surface area contributed by atoms with Gasteiger partial charge in [-0.15, -0.1) is 0 Å². The van der Waals surface area contributed by atoms with Crippen molar-refractivity contribution in [1.82, 2.24) is 0 Å². The lowest BCUT2D eigenvalue weighted by Gasteiger charge is -2.20. The van der Waals surface area contributed by atoms with Gasteiger partial charge in [0, 0.05) is 5.56 Å². The van der Waals surface area contributed by atoms with Crippen LogP contribution in [0.15, 0.2) is 51.7 Å². The second kappa shape index (κ2) is 7.63. The summed E-state index contributed by atoms with van der Waals surface area (Å²) in [4.78, 5) is 26.0. The minimum absolute atomic E-state index is 0.00229. The number of carbonyl (C=O) groups is 1. The van der Waals surface area contributed by atoms with Crippen LogP contribution in [0.5, 0.6) is 5.75 Å². The maximum Gasteiger partial charge on any atom is 0.314 e. The maximum absolute atomic E-state index is 13.3. The molecule has 0 aliphatic heterocycles. The molecule has 0 unspecified atom stereocenters. The Bertz CT molecular complexity index is 1070. The zero-order valence-electron chi connectivity index (χ0n) is 16.3. The lowest BCUT2D eigenvalue weighted by atomic mass is 9.89. The highest BCUT2D eigenvalue weighted by molar-refractivity contribution is 5.85. The number of fused-ring (bicyclic) bond motifs is 1. The Morgan fingerprint density at radius 2 is 1.68 bits per heavy atom. The first-order valence-corrected chi connectivity index (χ1v) is 9.90. The summed E-state index contributed by atoms with van der Waals surface area (Å²) in [5.41, 5.74) is 2.96. The van der Waals surface area contributed by atoms with Crippen molar-refractivity contribution >= 4 is 16.9 Å². The molecule has 0 saturated heterocycles. The summed E-state index contributed by atoms with van der Waals surface area (Å²) in [6, 6.07) is 13.0. The Morgan fingerprint density at radius 1 is 1.00 bits per heavy atom. The van der Waals surface area contributed by atoms with Crippen LogP contribution in [-0.4, -0.2) is 5.97 Å². The summed E-state index contributed by atoms with van der Waals surface area (Å²) in [5.74, 6) is -0.164. The van der Waals surface area contributed by atoms with Gasteiger partial charge in [-0.3, -0.25) is 9.59 Å². The van der Waals surface area contributed by atoms with E-state index < -0.39 is 0 Å². The molecule has 3 aromatic rings. The van der Waals surface area contributed by atoms with Gasteiger partial charge in [-0.25, -0.2) is 0 Å². The van der Waals surface area contributed by atoms with Crippen LogP contribution in [0.2, 0.25) is 0 Å². The molecule has 1 fully saturated rings. The quantitative estimate of drug-likeness (QED) is 0.561. The molecule has 144 valence electrons. The van der Waals surface area contributed by atoms with Gasteiger partial charge in [-0.1, -0.05) is 49.6 Å². The molecule has 0 atom stereocenters. The molecule has 0 amide bonds. The van der Waals surface area contributed by atoms with Crippen LogP contribution in [0.4, 0.5) is 0 Å². The Morgan fingerprint density at radius 3 is 2.39 bits per heavy atom. The highest BCUT2D eigenvalue weighted by Gasteiger charge is 2.27. The molecule has 28 heavy (non-hydrogen) atoms. The van der Waals surface area contributed by atoms with Crippen molar-refractivity contribution in [3.05, 3.63) is 63.8 Å². The first-order valence-electron chi connectivity index (χ1n) is 9.90. The largest absolute Gasteiger partial charge is 0.452 e. The first kappa shape index (κ1) is 18.5. The van der Waals surface area contributed by atoms with E-state index in [4.69, 9.17) is 9.15 Å². The van der Waals surface area contributed by atoms with E-state index in [1.807, 2.05) is 56.3 Å². The number of benzene rings is 2. The van der Waals surface area contributed by atoms with E-state index in [9.17, 15) is 9.59 Å². The summed E-state index contributed by atoms with van der Waals surface area (Å²) in [7, 11) is 0.